The van der Waals surface area contributed by atoms with Gasteiger partial charge in [-0.3, -0.25) is 0 Å². The first-order chi connectivity index (χ1) is 7.82. The Morgan fingerprint density at radius 2 is 0.667 bits per heavy atom. The minimum absolute atomic E-state index is 0. The van der Waals surface area contributed by atoms with Gasteiger partial charge in [-0.15, -0.1) is 0 Å². The smallest absolute Gasteiger partial charge is 0.744 e. The molecule has 132 valence electrons. The van der Waals surface area contributed by atoms with Crippen LogP contribution < -0.4 is 0 Å². The molecule has 0 aliphatic heterocycles. The second-order valence-corrected chi connectivity index (χ2v) is 7.14. The van der Waals surface area contributed by atoms with Crippen LogP contribution in [0.1, 0.15) is 0 Å². The van der Waals surface area contributed by atoms with Gasteiger partial charge in [0.1, 0.15) is 30.4 Å². The molecule has 0 bridgehead atoms. The average Bonchev–Trinajstić information content (AvgIpc) is 2.13. The third-order valence-corrected chi connectivity index (χ3v) is 4.16. The fraction of sp³-hybridized carbons (Fsp3) is 0. The monoisotopic (exact) mass is 636 g/mol. The second kappa shape index (κ2) is 8.87. The van der Waals surface area contributed by atoms with E-state index in [1.807, 2.05) is 0 Å². The fourth-order valence-corrected chi connectivity index (χ4v) is 2.83. The van der Waals surface area contributed by atoms with Crippen molar-refractivity contribution in [2.75, 3.05) is 0 Å². The van der Waals surface area contributed by atoms with Crippen LogP contribution in [0.5, 0.6) is 0 Å². The number of rotatable bonds is 3. The Labute approximate surface area is 167 Å². The van der Waals surface area contributed by atoms with Gasteiger partial charge in [-0.2, -0.15) is 0 Å². The van der Waals surface area contributed by atoms with E-state index in [0.29, 0.717) is 0 Å². The molecule has 0 heterocycles. The first kappa shape index (κ1) is 27.0. The third kappa shape index (κ3) is 8.01. The summed E-state index contributed by atoms with van der Waals surface area (Å²) in [5, 5.41) is 0. The summed E-state index contributed by atoms with van der Waals surface area (Å²) in [5.41, 5.74) is 0. The Morgan fingerprint density at radius 3 is 0.762 bits per heavy atom. The van der Waals surface area contributed by atoms with Crippen molar-refractivity contribution in [3.05, 3.63) is 18.2 Å². The van der Waals surface area contributed by atoms with Gasteiger partial charge in [0, 0.05) is 0 Å². The van der Waals surface area contributed by atoms with Crippen LogP contribution in [0.15, 0.2) is 32.9 Å². The van der Waals surface area contributed by atoms with Gasteiger partial charge in [-0.1, -0.05) is 0 Å². The fourth-order valence-electron chi connectivity index (χ4n) is 0.979. The van der Waals surface area contributed by atoms with E-state index >= 15 is 0 Å². The van der Waals surface area contributed by atoms with E-state index < -0.39 is 45.0 Å². The maximum absolute atomic E-state index is 10.6. The molecule has 0 amide bonds. The van der Waals surface area contributed by atoms with Crippen LogP contribution in [0.25, 0.3) is 0 Å². The predicted octanol–water partition coefficient (Wildman–Crippen LogP) is -1.61. The van der Waals surface area contributed by atoms with Gasteiger partial charge in [0.05, 0.1) is 14.7 Å². The number of hydrogen-bond donors (Lipinski definition) is 0. The molecule has 0 atom stereocenters. The van der Waals surface area contributed by atoms with Crippen LogP contribution in [-0.2, 0) is 97.5 Å². The molecule has 0 fully saturated rings. The first-order valence-corrected chi connectivity index (χ1v) is 8.07. The Morgan fingerprint density at radius 1 is 0.524 bits per heavy atom. The minimum atomic E-state index is -5.23. The molecule has 9 nitrogen and oxygen atoms in total. The summed E-state index contributed by atoms with van der Waals surface area (Å²) in [6.45, 7) is 0. The van der Waals surface area contributed by atoms with Gasteiger partial charge in [-0.25, -0.2) is 25.3 Å². The summed E-state index contributed by atoms with van der Waals surface area (Å²) in [7, 11) is -15.7. The maximum Gasteiger partial charge on any atom is 1.00 e. The molecular formula is C6H3Ag3O9S3. The van der Waals surface area contributed by atoms with Gasteiger partial charge in [-0.05, 0) is 18.2 Å². The molecule has 0 aliphatic rings. The molecule has 0 saturated carbocycles. The Hall–Kier alpha value is 1.17. The molecule has 21 heavy (non-hydrogen) atoms. The summed E-state index contributed by atoms with van der Waals surface area (Å²) < 4.78 is 95.8. The van der Waals surface area contributed by atoms with Crippen molar-refractivity contribution in [2.45, 2.75) is 14.7 Å². The van der Waals surface area contributed by atoms with E-state index in [1.165, 1.54) is 0 Å². The topological polar surface area (TPSA) is 172 Å². The van der Waals surface area contributed by atoms with E-state index in [1.54, 1.807) is 0 Å². The molecule has 0 radical (unpaired) electrons. The second-order valence-electron chi connectivity index (χ2n) is 3.00. The van der Waals surface area contributed by atoms with E-state index in [-0.39, 0.29) is 85.3 Å². The molecule has 0 aromatic heterocycles. The summed E-state index contributed by atoms with van der Waals surface area (Å²) in [4.78, 5) is -3.89. The van der Waals surface area contributed by atoms with Crippen molar-refractivity contribution in [2.24, 2.45) is 0 Å². The zero-order valence-corrected chi connectivity index (χ0v) is 15.9. The van der Waals surface area contributed by atoms with Gasteiger partial charge < -0.3 is 13.7 Å². The van der Waals surface area contributed by atoms with Crippen LogP contribution in [0, 0.1) is 0 Å². The van der Waals surface area contributed by atoms with Crippen molar-refractivity contribution in [1.82, 2.24) is 0 Å². The molecule has 0 spiro atoms. The quantitative estimate of drug-likeness (QED) is 0.279. The van der Waals surface area contributed by atoms with Crippen molar-refractivity contribution >= 4 is 30.4 Å². The van der Waals surface area contributed by atoms with E-state index in [0.717, 1.165) is 0 Å². The third-order valence-electron chi connectivity index (χ3n) is 1.72. The van der Waals surface area contributed by atoms with Crippen LogP contribution in [-0.4, -0.2) is 38.9 Å². The molecular weight excluding hydrogens is 636 g/mol. The summed E-state index contributed by atoms with van der Waals surface area (Å²) in [5.74, 6) is 0. The molecule has 15 heteroatoms. The van der Waals surface area contributed by atoms with E-state index in [4.69, 9.17) is 0 Å². The number of hydrogen-bond acceptors (Lipinski definition) is 9. The Kier molecular flexibility index (Phi) is 11.4. The van der Waals surface area contributed by atoms with Gasteiger partial charge in [0.15, 0.2) is 0 Å². The molecule has 1 aromatic carbocycles. The number of benzene rings is 1. The van der Waals surface area contributed by atoms with Crippen molar-refractivity contribution in [3.8, 4) is 0 Å². The van der Waals surface area contributed by atoms with Crippen LogP contribution in [0.3, 0.4) is 0 Å². The van der Waals surface area contributed by atoms with E-state index in [9.17, 15) is 38.9 Å². The summed E-state index contributed by atoms with van der Waals surface area (Å²) >= 11 is 0. The maximum atomic E-state index is 10.6. The molecule has 0 saturated heterocycles. The van der Waals surface area contributed by atoms with Crippen molar-refractivity contribution in [1.29, 1.82) is 0 Å². The molecule has 0 N–H and O–H groups in total. The average molecular weight is 639 g/mol. The zero-order chi connectivity index (χ0) is 14.4. The van der Waals surface area contributed by atoms with Crippen LogP contribution in [0.2, 0.25) is 0 Å². The molecule has 0 unspecified atom stereocenters. The molecule has 1 rings (SSSR count). The zero-order valence-electron chi connectivity index (χ0n) is 9.04. The SMILES string of the molecule is O=S(=O)([O-])c1cc(S(=O)(=O)[O-])cc(S(=O)(=O)[O-])c1.[Ag+].[Ag+].[Ag+]. The van der Waals surface area contributed by atoms with Crippen LogP contribution >= 0.6 is 0 Å². The van der Waals surface area contributed by atoms with E-state index in [2.05, 4.69) is 0 Å². The predicted molar refractivity (Wildman–Crippen MR) is 50.3 cm³/mol. The standard InChI is InChI=1S/C6H6O9S3.3Ag/c7-16(8,9)4-1-5(17(10,11)12)3-6(2-4)18(13,14)15;;;/h1-3H,(H,7,8,9)(H,10,11,12)(H,13,14,15);;;/q;3*+1/p-3. The molecule has 1 aromatic rings. The first-order valence-electron chi connectivity index (χ1n) is 3.84. The van der Waals surface area contributed by atoms with Crippen molar-refractivity contribution in [3.63, 3.8) is 0 Å². The Bertz CT molecular complexity index is 675. The summed E-state index contributed by atoms with van der Waals surface area (Å²) in [6, 6.07) is 0.540. The van der Waals surface area contributed by atoms with Gasteiger partial charge in [0.25, 0.3) is 0 Å². The van der Waals surface area contributed by atoms with Gasteiger partial charge >= 0.3 is 67.1 Å². The normalized spacial score (nSPS) is 11.6. The van der Waals surface area contributed by atoms with Crippen LogP contribution in [0.4, 0.5) is 0 Å². The van der Waals surface area contributed by atoms with Crippen molar-refractivity contribution < 1.29 is 106 Å². The van der Waals surface area contributed by atoms with Gasteiger partial charge in [0.2, 0.25) is 0 Å². The Balaban J connectivity index is -0.00000108. The summed E-state index contributed by atoms with van der Waals surface area (Å²) in [6.07, 6.45) is 0. The minimum Gasteiger partial charge on any atom is -0.744 e. The molecule has 0 aliphatic carbocycles. The largest absolute Gasteiger partial charge is 1.00 e.